The number of carbonyl (C=O) groups excluding carboxylic acids is 2. The zero-order valence-corrected chi connectivity index (χ0v) is 18.8. The lowest BCUT2D eigenvalue weighted by atomic mass is 9.46. The first-order valence-corrected chi connectivity index (χ1v) is 11.1. The van der Waals surface area contributed by atoms with Crippen molar-refractivity contribution in [1.82, 2.24) is 0 Å². The molecule has 5 atom stereocenters. The molecular weight excluding hydrogens is 380 g/mol. The summed E-state index contributed by atoms with van der Waals surface area (Å²) < 4.78 is 11.0. The lowest BCUT2D eigenvalue weighted by molar-refractivity contribution is -0.184. The number of ether oxygens (including phenoxy) is 2. The normalized spacial score (nSPS) is 36.8. The van der Waals surface area contributed by atoms with Crippen LogP contribution in [0.1, 0.15) is 66.2 Å². The van der Waals surface area contributed by atoms with Gasteiger partial charge in [-0.2, -0.15) is 0 Å². The molecule has 1 aliphatic heterocycles. The Kier molecular flexibility index (Phi) is 6.61. The summed E-state index contributed by atoms with van der Waals surface area (Å²) in [6.07, 6.45) is 8.37. The van der Waals surface area contributed by atoms with E-state index in [1.807, 2.05) is 6.92 Å². The van der Waals surface area contributed by atoms with Crippen molar-refractivity contribution >= 4 is 11.9 Å². The van der Waals surface area contributed by atoms with E-state index in [0.717, 1.165) is 44.1 Å². The summed E-state index contributed by atoms with van der Waals surface area (Å²) in [6.45, 7) is 12.8. The summed E-state index contributed by atoms with van der Waals surface area (Å²) in [4.78, 5) is 23.8. The Morgan fingerprint density at radius 3 is 2.73 bits per heavy atom. The average Bonchev–Trinajstić information content (AvgIpc) is 3.14. The molecule has 0 aromatic heterocycles. The van der Waals surface area contributed by atoms with Crippen molar-refractivity contribution in [2.45, 2.75) is 72.3 Å². The maximum absolute atomic E-state index is 12.4. The van der Waals surface area contributed by atoms with Crippen molar-refractivity contribution < 1.29 is 24.2 Å². The molecule has 5 heteroatoms. The van der Waals surface area contributed by atoms with Crippen LogP contribution in [-0.2, 0) is 19.1 Å². The van der Waals surface area contributed by atoms with E-state index in [1.165, 1.54) is 5.57 Å². The molecule has 1 N–H and O–H groups in total. The number of allylic oxidation sites excluding steroid dienone is 2. The fraction of sp³-hybridized carbons (Fsp3) is 0.680. The zero-order chi connectivity index (χ0) is 22.1. The van der Waals surface area contributed by atoms with E-state index in [9.17, 15) is 14.7 Å². The third-order valence-electron chi connectivity index (χ3n) is 8.14. The smallest absolute Gasteiger partial charge is 0.333 e. The van der Waals surface area contributed by atoms with E-state index in [0.29, 0.717) is 18.1 Å². The van der Waals surface area contributed by atoms with Gasteiger partial charge in [-0.3, -0.25) is 0 Å². The van der Waals surface area contributed by atoms with Gasteiger partial charge in [0.1, 0.15) is 12.7 Å². The van der Waals surface area contributed by atoms with Crippen LogP contribution in [0.2, 0.25) is 0 Å². The number of fused-ring (bicyclic) bond motifs is 1. The van der Waals surface area contributed by atoms with Crippen LogP contribution >= 0.6 is 0 Å². The van der Waals surface area contributed by atoms with Gasteiger partial charge in [-0.15, -0.1) is 0 Å². The highest BCUT2D eigenvalue weighted by molar-refractivity contribution is 5.87. The monoisotopic (exact) mass is 416 g/mol. The molecule has 166 valence electrons. The maximum atomic E-state index is 12.4. The number of esters is 2. The van der Waals surface area contributed by atoms with Gasteiger partial charge < -0.3 is 14.6 Å². The van der Waals surface area contributed by atoms with Crippen LogP contribution in [0.15, 0.2) is 35.5 Å². The van der Waals surface area contributed by atoms with E-state index in [-0.39, 0.29) is 36.0 Å². The summed E-state index contributed by atoms with van der Waals surface area (Å²) in [7, 11) is 0. The Labute approximate surface area is 180 Å². The number of cyclic esters (lactones) is 1. The topological polar surface area (TPSA) is 72.8 Å². The van der Waals surface area contributed by atoms with Crippen molar-refractivity contribution in [3.05, 3.63) is 35.5 Å². The van der Waals surface area contributed by atoms with Gasteiger partial charge in [0.2, 0.25) is 0 Å². The second kappa shape index (κ2) is 8.70. The van der Waals surface area contributed by atoms with E-state index in [1.54, 1.807) is 19.1 Å². The second-order valence-electron chi connectivity index (χ2n) is 9.83. The summed E-state index contributed by atoms with van der Waals surface area (Å²) in [5, 5.41) is 10.5. The second-order valence-corrected chi connectivity index (χ2v) is 9.83. The summed E-state index contributed by atoms with van der Waals surface area (Å²) in [5.74, 6) is 0.00889. The molecular formula is C25H36O5. The predicted octanol–water partition coefficient (Wildman–Crippen LogP) is 4.51. The maximum Gasteiger partial charge on any atom is 0.333 e. The Balaban J connectivity index is 1.82. The minimum absolute atomic E-state index is 0.00716. The van der Waals surface area contributed by atoms with Crippen LogP contribution in [0.4, 0.5) is 0 Å². The lowest BCUT2D eigenvalue weighted by Gasteiger charge is -2.60. The van der Waals surface area contributed by atoms with Gasteiger partial charge >= 0.3 is 11.9 Å². The Hall–Kier alpha value is -1.88. The molecule has 0 bridgehead atoms. The lowest BCUT2D eigenvalue weighted by Crippen LogP contribution is -2.58. The van der Waals surface area contributed by atoms with Gasteiger partial charge in [0.15, 0.2) is 0 Å². The Morgan fingerprint density at radius 2 is 2.13 bits per heavy atom. The van der Waals surface area contributed by atoms with E-state index < -0.39 is 5.41 Å². The molecule has 0 aromatic rings. The average molecular weight is 417 g/mol. The highest BCUT2D eigenvalue weighted by Gasteiger charge is 2.58. The SMILES string of the molecule is C=C1CC[C@H]2[C@@](C)(CC[C@@H](OC(=O)/C(C)=C\C)[C@]2(C)CO)[C@@H]1CCC1=CC(=O)OC1. The van der Waals surface area contributed by atoms with Gasteiger partial charge in [0.25, 0.3) is 0 Å². The fourth-order valence-corrected chi connectivity index (χ4v) is 6.14. The van der Waals surface area contributed by atoms with E-state index in [2.05, 4.69) is 20.4 Å². The number of aliphatic hydroxyl groups is 1. The predicted molar refractivity (Wildman–Crippen MR) is 115 cm³/mol. The van der Waals surface area contributed by atoms with E-state index in [4.69, 9.17) is 9.47 Å². The quantitative estimate of drug-likeness (QED) is 0.392. The van der Waals surface area contributed by atoms with Crippen LogP contribution in [-0.4, -0.2) is 36.4 Å². The Bertz CT molecular complexity index is 778. The first-order valence-electron chi connectivity index (χ1n) is 11.1. The summed E-state index contributed by atoms with van der Waals surface area (Å²) in [6, 6.07) is 0. The third-order valence-corrected chi connectivity index (χ3v) is 8.14. The van der Waals surface area contributed by atoms with Crippen LogP contribution < -0.4 is 0 Å². The molecule has 30 heavy (non-hydrogen) atoms. The van der Waals surface area contributed by atoms with Crippen LogP contribution in [0.5, 0.6) is 0 Å². The third kappa shape index (κ3) is 4.01. The molecule has 0 amide bonds. The van der Waals surface area contributed by atoms with Crippen molar-refractivity contribution in [2.75, 3.05) is 13.2 Å². The standard InChI is InChI=1S/C25H36O5/c1-6-16(2)23(28)30-21-11-12-24(4)19(9-8-18-13-22(27)29-14-18)17(3)7-10-20(24)25(21,5)15-26/h6,13,19-21,26H,3,7-12,14-15H2,1-2,4-5H3/b16-6-/t19-,20+,21-,24+,25-/m1/s1. The molecule has 2 saturated carbocycles. The van der Waals surface area contributed by atoms with Crippen molar-refractivity contribution in [1.29, 1.82) is 0 Å². The van der Waals surface area contributed by atoms with Gasteiger partial charge in [-0.25, -0.2) is 9.59 Å². The summed E-state index contributed by atoms with van der Waals surface area (Å²) >= 11 is 0. The van der Waals surface area contributed by atoms with Gasteiger partial charge in [0.05, 0.1) is 6.61 Å². The number of carbonyl (C=O) groups is 2. The number of aliphatic hydroxyl groups excluding tert-OH is 1. The molecule has 2 aliphatic carbocycles. The minimum atomic E-state index is -0.485. The molecule has 5 nitrogen and oxygen atoms in total. The molecule has 3 rings (SSSR count). The Morgan fingerprint density at radius 1 is 1.40 bits per heavy atom. The first-order chi connectivity index (χ1) is 14.2. The molecule has 0 aromatic carbocycles. The first kappa shape index (κ1) is 22.8. The zero-order valence-electron chi connectivity index (χ0n) is 18.8. The fourth-order valence-electron chi connectivity index (χ4n) is 6.14. The molecule has 0 spiro atoms. The van der Waals surface area contributed by atoms with Gasteiger partial charge in [0, 0.05) is 17.1 Å². The molecule has 1 heterocycles. The number of hydrogen-bond acceptors (Lipinski definition) is 5. The van der Waals surface area contributed by atoms with E-state index >= 15 is 0 Å². The molecule has 0 saturated heterocycles. The van der Waals surface area contributed by atoms with Crippen molar-refractivity contribution in [2.24, 2.45) is 22.7 Å². The number of hydrogen-bond donors (Lipinski definition) is 1. The molecule has 0 unspecified atom stereocenters. The van der Waals surface area contributed by atoms with Gasteiger partial charge in [-0.05, 0) is 75.2 Å². The molecule has 3 aliphatic rings. The van der Waals surface area contributed by atoms with Crippen molar-refractivity contribution in [3.63, 3.8) is 0 Å². The van der Waals surface area contributed by atoms with Crippen LogP contribution in [0.25, 0.3) is 0 Å². The highest BCUT2D eigenvalue weighted by atomic mass is 16.5. The van der Waals surface area contributed by atoms with Gasteiger partial charge in [-0.1, -0.05) is 32.1 Å². The minimum Gasteiger partial charge on any atom is -0.458 e. The highest BCUT2D eigenvalue weighted by Crippen LogP contribution is 2.62. The molecule has 2 fully saturated rings. The summed E-state index contributed by atoms with van der Waals surface area (Å²) in [5.41, 5.74) is 2.41. The molecule has 0 radical (unpaired) electrons. The van der Waals surface area contributed by atoms with Crippen LogP contribution in [0, 0.1) is 22.7 Å². The van der Waals surface area contributed by atoms with Crippen molar-refractivity contribution in [3.8, 4) is 0 Å². The largest absolute Gasteiger partial charge is 0.458 e. The van der Waals surface area contributed by atoms with Crippen LogP contribution in [0.3, 0.4) is 0 Å². The number of rotatable bonds is 6.